The van der Waals surface area contributed by atoms with Crippen molar-refractivity contribution < 1.29 is 14.5 Å². The predicted molar refractivity (Wildman–Crippen MR) is 124 cm³/mol. The van der Waals surface area contributed by atoms with Crippen LogP contribution in [-0.4, -0.2) is 32.0 Å². The summed E-state index contributed by atoms with van der Waals surface area (Å²) in [4.78, 5) is 40.2. The lowest BCUT2D eigenvalue weighted by Crippen LogP contribution is -2.37. The molecule has 0 N–H and O–H groups in total. The molecule has 7 nitrogen and oxygen atoms in total. The lowest BCUT2D eigenvalue weighted by Gasteiger charge is -2.23. The maximum atomic E-state index is 13.3. The van der Waals surface area contributed by atoms with E-state index in [4.69, 9.17) is 12.2 Å². The van der Waals surface area contributed by atoms with Gasteiger partial charge in [0.25, 0.3) is 17.5 Å². The molecule has 2 aliphatic heterocycles. The fourth-order valence-electron chi connectivity index (χ4n) is 3.59. The Morgan fingerprint density at radius 1 is 1.10 bits per heavy atom. The van der Waals surface area contributed by atoms with Crippen LogP contribution in [0.2, 0.25) is 0 Å². The van der Waals surface area contributed by atoms with Crippen molar-refractivity contribution in [2.24, 2.45) is 0 Å². The fourth-order valence-corrected chi connectivity index (χ4v) is 4.86. The van der Waals surface area contributed by atoms with Crippen molar-refractivity contribution in [2.75, 3.05) is 4.90 Å². The third-order valence-corrected chi connectivity index (χ3v) is 6.54. The van der Waals surface area contributed by atoms with Crippen LogP contribution in [-0.2, 0) is 9.59 Å². The normalized spacial score (nSPS) is 20.4. The van der Waals surface area contributed by atoms with Gasteiger partial charge in [-0.3, -0.25) is 24.6 Å². The third-order valence-electron chi connectivity index (χ3n) is 5.24. The van der Waals surface area contributed by atoms with Gasteiger partial charge in [-0.2, -0.15) is 0 Å². The van der Waals surface area contributed by atoms with Gasteiger partial charge in [0.15, 0.2) is 4.32 Å². The summed E-state index contributed by atoms with van der Waals surface area (Å²) >= 11 is 6.50. The lowest BCUT2D eigenvalue weighted by molar-refractivity contribution is -0.384. The van der Waals surface area contributed by atoms with Crippen molar-refractivity contribution >= 4 is 57.6 Å². The van der Waals surface area contributed by atoms with Gasteiger partial charge in [-0.15, -0.1) is 0 Å². The summed E-state index contributed by atoms with van der Waals surface area (Å²) in [6, 6.07) is 15.0. The molecular weight excluding hydrogens is 434 g/mol. The maximum Gasteiger partial charge on any atom is 0.275 e. The van der Waals surface area contributed by atoms with Gasteiger partial charge in [0.05, 0.1) is 15.9 Å². The quantitative estimate of drug-likeness (QED) is 0.294. The van der Waals surface area contributed by atoms with Gasteiger partial charge in [0.2, 0.25) is 0 Å². The number of hydrogen-bond acceptors (Lipinski definition) is 6. The number of nitro groups is 1. The van der Waals surface area contributed by atoms with Crippen LogP contribution in [0.5, 0.6) is 0 Å². The first-order chi connectivity index (χ1) is 14.8. The zero-order valence-corrected chi connectivity index (χ0v) is 18.3. The number of rotatable bonds is 4. The number of amides is 2. The number of carbonyl (C=O) groups excluding carboxylic acids is 2. The minimum absolute atomic E-state index is 0.0684. The summed E-state index contributed by atoms with van der Waals surface area (Å²) in [6.45, 7) is 3.73. The monoisotopic (exact) mass is 451 g/mol. The minimum atomic E-state index is -0.493. The molecule has 0 saturated carbocycles. The summed E-state index contributed by atoms with van der Waals surface area (Å²) in [5, 5.41) is 11.0. The molecule has 0 spiro atoms. The van der Waals surface area contributed by atoms with Gasteiger partial charge in [0, 0.05) is 17.8 Å². The Bertz CT molecular complexity index is 1190. The fraction of sp³-hybridized carbons (Fsp3) is 0.136. The molecule has 0 aromatic heterocycles. The van der Waals surface area contributed by atoms with Gasteiger partial charge < -0.3 is 4.90 Å². The van der Waals surface area contributed by atoms with Gasteiger partial charge in [-0.25, -0.2) is 0 Å². The summed E-state index contributed by atoms with van der Waals surface area (Å²) in [5.74, 6) is -0.699. The second-order valence-electron chi connectivity index (χ2n) is 7.09. The highest BCUT2D eigenvalue weighted by molar-refractivity contribution is 8.26. The summed E-state index contributed by atoms with van der Waals surface area (Å²) in [5.41, 5.74) is 2.20. The molecule has 1 atom stereocenters. The topological polar surface area (TPSA) is 83.8 Å². The average Bonchev–Trinajstić information content (AvgIpc) is 3.14. The molecule has 1 saturated heterocycles. The van der Waals surface area contributed by atoms with E-state index in [1.807, 2.05) is 44.2 Å². The second kappa shape index (κ2) is 8.09. The standard InChI is InChI=1S/C22H17N3O4S2/c1-13-14(2)23(16-8-4-3-5-9-16)21(27)19(13)24-20(26)18(31-22(24)30)12-15-7-6-10-17(11-15)25(28)29/h3-12,14H,1-2H3. The minimum Gasteiger partial charge on any atom is -0.300 e. The van der Waals surface area contributed by atoms with Crippen molar-refractivity contribution in [1.82, 2.24) is 4.90 Å². The van der Waals surface area contributed by atoms with Crippen LogP contribution < -0.4 is 4.90 Å². The number of thiocarbonyl (C=S) groups is 1. The van der Waals surface area contributed by atoms with E-state index in [1.165, 1.54) is 17.0 Å². The van der Waals surface area contributed by atoms with Crippen molar-refractivity contribution in [3.8, 4) is 0 Å². The molecule has 1 fully saturated rings. The van der Waals surface area contributed by atoms with E-state index in [9.17, 15) is 19.7 Å². The van der Waals surface area contributed by atoms with Crippen LogP contribution in [0, 0.1) is 10.1 Å². The first-order valence-corrected chi connectivity index (χ1v) is 10.6. The van der Waals surface area contributed by atoms with Crippen LogP contribution >= 0.6 is 24.0 Å². The van der Waals surface area contributed by atoms with Gasteiger partial charge in [0.1, 0.15) is 5.70 Å². The Kier molecular flexibility index (Phi) is 5.47. The first kappa shape index (κ1) is 21.0. The predicted octanol–water partition coefficient (Wildman–Crippen LogP) is 4.51. The largest absolute Gasteiger partial charge is 0.300 e. The lowest BCUT2D eigenvalue weighted by atomic mass is 10.1. The smallest absolute Gasteiger partial charge is 0.275 e. The number of nitrogens with zero attached hydrogens (tertiary/aromatic N) is 3. The number of benzene rings is 2. The third kappa shape index (κ3) is 3.66. The molecule has 0 bridgehead atoms. The highest BCUT2D eigenvalue weighted by Crippen LogP contribution is 2.40. The molecular formula is C22H17N3O4S2. The van der Waals surface area contributed by atoms with Crippen molar-refractivity contribution in [3.05, 3.63) is 86.5 Å². The molecule has 2 heterocycles. The average molecular weight is 452 g/mol. The zero-order chi connectivity index (χ0) is 22.3. The summed E-state index contributed by atoms with van der Waals surface area (Å²) in [6.07, 6.45) is 1.56. The molecule has 1 unspecified atom stereocenters. The van der Waals surface area contributed by atoms with Gasteiger partial charge in [-0.05, 0) is 43.2 Å². The van der Waals surface area contributed by atoms with E-state index in [2.05, 4.69) is 0 Å². The van der Waals surface area contributed by atoms with E-state index in [1.54, 1.807) is 23.1 Å². The molecule has 31 heavy (non-hydrogen) atoms. The number of non-ortho nitro benzene ring substituents is 1. The molecule has 156 valence electrons. The molecule has 4 rings (SSSR count). The highest BCUT2D eigenvalue weighted by Gasteiger charge is 2.45. The van der Waals surface area contributed by atoms with E-state index in [-0.39, 0.29) is 27.7 Å². The van der Waals surface area contributed by atoms with E-state index >= 15 is 0 Å². The summed E-state index contributed by atoms with van der Waals surface area (Å²) in [7, 11) is 0. The van der Waals surface area contributed by atoms with E-state index in [0.29, 0.717) is 10.5 Å². The SMILES string of the molecule is CC1=C(N2C(=O)C(=Cc3cccc([N+](=O)[O-])c3)SC2=S)C(=O)N(c2ccccc2)C1C. The van der Waals surface area contributed by atoms with Crippen LogP contribution in [0.1, 0.15) is 19.4 Å². The van der Waals surface area contributed by atoms with Crippen molar-refractivity contribution in [2.45, 2.75) is 19.9 Å². The molecule has 2 aromatic carbocycles. The summed E-state index contributed by atoms with van der Waals surface area (Å²) < 4.78 is 0.256. The maximum absolute atomic E-state index is 13.3. The number of thioether (sulfide) groups is 1. The van der Waals surface area contributed by atoms with Crippen LogP contribution in [0.25, 0.3) is 6.08 Å². The van der Waals surface area contributed by atoms with Gasteiger partial charge >= 0.3 is 0 Å². The van der Waals surface area contributed by atoms with Crippen LogP contribution in [0.4, 0.5) is 11.4 Å². The number of hydrogen-bond donors (Lipinski definition) is 0. The molecule has 2 aliphatic rings. The second-order valence-corrected chi connectivity index (χ2v) is 8.76. The highest BCUT2D eigenvalue weighted by atomic mass is 32.2. The molecule has 2 aromatic rings. The van der Waals surface area contributed by atoms with Crippen LogP contribution in [0.3, 0.4) is 0 Å². The Hall–Kier alpha value is -3.30. The number of anilines is 1. The van der Waals surface area contributed by atoms with Crippen LogP contribution in [0.15, 0.2) is 70.8 Å². The van der Waals surface area contributed by atoms with Crippen molar-refractivity contribution in [3.63, 3.8) is 0 Å². The molecule has 2 amide bonds. The Balaban J connectivity index is 1.67. The molecule has 0 aliphatic carbocycles. The number of nitro benzene ring substituents is 1. The Morgan fingerprint density at radius 3 is 2.48 bits per heavy atom. The zero-order valence-electron chi connectivity index (χ0n) is 16.6. The Morgan fingerprint density at radius 2 is 1.81 bits per heavy atom. The first-order valence-electron chi connectivity index (χ1n) is 9.41. The van der Waals surface area contributed by atoms with E-state index < -0.39 is 10.8 Å². The van der Waals surface area contributed by atoms with Gasteiger partial charge in [-0.1, -0.05) is 54.3 Å². The Labute approximate surface area is 188 Å². The van der Waals surface area contributed by atoms with E-state index in [0.717, 1.165) is 23.0 Å². The number of para-hydroxylation sites is 1. The number of carbonyl (C=O) groups is 2. The molecule has 0 radical (unpaired) electrons. The van der Waals surface area contributed by atoms with Crippen molar-refractivity contribution in [1.29, 1.82) is 0 Å². The molecule has 9 heteroatoms.